The molecule has 1 aromatic carbocycles. The topological polar surface area (TPSA) is 131 Å². The molecule has 1 saturated heterocycles. The van der Waals surface area contributed by atoms with Crippen LogP contribution in [0.2, 0.25) is 0 Å². The highest BCUT2D eigenvalue weighted by molar-refractivity contribution is 5.97. The van der Waals surface area contributed by atoms with E-state index in [9.17, 15) is 24.8 Å². The summed E-state index contributed by atoms with van der Waals surface area (Å²) in [6, 6.07) is 5.56. The number of carbonyl (C=O) groups excluding carboxylic acids is 2. The Labute approximate surface area is 212 Å². The number of quaternary nitrogens is 1. The standard InChI is InChI=1S/C25H37N3O8/c1-6-28(7-2,8-3)22-16-23(30)26(22)24(21(29)14-15-35-18(5)34-9-4)25(31)36-17-19-10-12-20(13-11-19)27(32)33/h10-13,18,22H,6-9,14-17H2,1-5H3. The highest BCUT2D eigenvalue weighted by Gasteiger charge is 2.52. The number of ether oxygens (including phenoxy) is 3. The van der Waals surface area contributed by atoms with Crippen LogP contribution in [0.3, 0.4) is 0 Å². The van der Waals surface area contributed by atoms with Gasteiger partial charge < -0.3 is 23.8 Å². The normalized spacial score (nSPS) is 17.3. The molecular formula is C25H37N3O8. The summed E-state index contributed by atoms with van der Waals surface area (Å²) in [4.78, 5) is 37.6. The molecule has 0 N–H and O–H groups in total. The fraction of sp³-hybridized carbons (Fsp3) is 0.600. The number of rotatable bonds is 15. The molecule has 0 bridgehead atoms. The highest BCUT2D eigenvalue weighted by atomic mass is 16.7. The number of likely N-dealkylation sites (tertiary alicyclic amines) is 1. The Morgan fingerprint density at radius 1 is 1.14 bits per heavy atom. The molecule has 2 unspecified atom stereocenters. The first kappa shape index (κ1) is 29.2. The first-order chi connectivity index (χ1) is 17.1. The summed E-state index contributed by atoms with van der Waals surface area (Å²) in [5.41, 5.74) is 0.126. The summed E-state index contributed by atoms with van der Waals surface area (Å²) in [6.45, 7) is 12.1. The lowest BCUT2D eigenvalue weighted by Gasteiger charge is -2.53. The molecule has 1 aromatic rings. The van der Waals surface area contributed by atoms with Gasteiger partial charge in [-0.05, 0) is 58.7 Å². The fourth-order valence-corrected chi connectivity index (χ4v) is 4.41. The minimum atomic E-state index is -0.907. The summed E-state index contributed by atoms with van der Waals surface area (Å²) in [5.74, 6) is -1.76. The quantitative estimate of drug-likeness (QED) is 0.0517. The maximum atomic E-state index is 13.2. The minimum Gasteiger partial charge on any atom is -0.874 e. The van der Waals surface area contributed by atoms with Crippen LogP contribution < -0.4 is 5.11 Å². The minimum absolute atomic E-state index is 0.0150. The fourth-order valence-electron chi connectivity index (χ4n) is 4.41. The number of nitro benzene ring substituents is 1. The number of amides is 1. The van der Waals surface area contributed by atoms with Crippen molar-refractivity contribution in [3.8, 4) is 0 Å². The molecule has 1 amide bonds. The number of hydrogen-bond donors (Lipinski definition) is 0. The van der Waals surface area contributed by atoms with Crippen LogP contribution >= 0.6 is 0 Å². The lowest BCUT2D eigenvalue weighted by Crippen LogP contribution is -2.70. The van der Waals surface area contributed by atoms with E-state index in [0.29, 0.717) is 16.7 Å². The van der Waals surface area contributed by atoms with Crippen LogP contribution in [-0.2, 0) is 30.4 Å². The number of β-lactam (4-membered cyclic amide) rings is 1. The van der Waals surface area contributed by atoms with Crippen molar-refractivity contribution in [2.24, 2.45) is 0 Å². The van der Waals surface area contributed by atoms with E-state index in [1.807, 2.05) is 27.7 Å². The van der Waals surface area contributed by atoms with Gasteiger partial charge in [-0.2, -0.15) is 0 Å². The first-order valence-corrected chi connectivity index (χ1v) is 12.4. The summed E-state index contributed by atoms with van der Waals surface area (Å²) in [5, 5.41) is 24.1. The van der Waals surface area contributed by atoms with Crippen LogP contribution in [0, 0.1) is 10.1 Å². The Morgan fingerprint density at radius 3 is 2.25 bits per heavy atom. The highest BCUT2D eigenvalue weighted by Crippen LogP contribution is 2.34. The predicted octanol–water partition coefficient (Wildman–Crippen LogP) is 2.43. The monoisotopic (exact) mass is 507 g/mol. The van der Waals surface area contributed by atoms with Crippen molar-refractivity contribution in [2.45, 2.75) is 66.5 Å². The Hall–Kier alpha value is -3.02. The molecule has 2 rings (SSSR count). The SMILES string of the molecule is CCOC(C)OCC/C([O-])=C(/C(=O)OCc1ccc([N+](=O)[O-])cc1)N1C(=O)CC1[N+](CC)(CC)CC. The summed E-state index contributed by atoms with van der Waals surface area (Å²) < 4.78 is 16.8. The molecule has 11 heteroatoms. The zero-order valence-electron chi connectivity index (χ0n) is 21.7. The van der Waals surface area contributed by atoms with Gasteiger partial charge in [0.2, 0.25) is 5.91 Å². The van der Waals surface area contributed by atoms with Gasteiger partial charge in [-0.25, -0.2) is 4.79 Å². The Bertz CT molecular complexity index is 935. The zero-order valence-corrected chi connectivity index (χ0v) is 21.7. The van der Waals surface area contributed by atoms with Crippen molar-refractivity contribution < 1.29 is 38.3 Å². The van der Waals surface area contributed by atoms with Gasteiger partial charge in [-0.3, -0.25) is 19.8 Å². The largest absolute Gasteiger partial charge is 0.874 e. The van der Waals surface area contributed by atoms with Crippen LogP contribution in [0.1, 0.15) is 53.0 Å². The van der Waals surface area contributed by atoms with Gasteiger partial charge in [0.05, 0.1) is 31.2 Å². The third-order valence-corrected chi connectivity index (χ3v) is 6.74. The summed E-state index contributed by atoms with van der Waals surface area (Å²) in [7, 11) is 0. The van der Waals surface area contributed by atoms with Gasteiger partial charge in [0.15, 0.2) is 12.5 Å². The maximum absolute atomic E-state index is 13.2. The summed E-state index contributed by atoms with van der Waals surface area (Å²) in [6.07, 6.45) is -0.741. The van der Waals surface area contributed by atoms with Crippen LogP contribution in [0.15, 0.2) is 35.7 Å². The zero-order chi connectivity index (χ0) is 26.9. The van der Waals surface area contributed by atoms with Gasteiger partial charge in [0.1, 0.15) is 18.7 Å². The van der Waals surface area contributed by atoms with Crippen molar-refractivity contribution in [1.29, 1.82) is 0 Å². The number of carbonyl (C=O) groups is 2. The molecule has 1 heterocycles. The molecular weight excluding hydrogens is 470 g/mol. The molecule has 0 radical (unpaired) electrons. The van der Waals surface area contributed by atoms with Crippen LogP contribution in [0.4, 0.5) is 5.69 Å². The molecule has 0 saturated carbocycles. The average molecular weight is 508 g/mol. The van der Waals surface area contributed by atoms with Crippen molar-refractivity contribution in [2.75, 3.05) is 32.8 Å². The number of non-ortho nitro benzene ring substituents is 1. The molecule has 0 aromatic heterocycles. The van der Waals surface area contributed by atoms with E-state index >= 15 is 0 Å². The van der Waals surface area contributed by atoms with Gasteiger partial charge >= 0.3 is 5.97 Å². The van der Waals surface area contributed by atoms with Crippen LogP contribution in [-0.4, -0.2) is 71.5 Å². The van der Waals surface area contributed by atoms with Gasteiger partial charge in [-0.1, -0.05) is 5.76 Å². The second-order valence-corrected chi connectivity index (χ2v) is 8.53. The molecule has 11 nitrogen and oxygen atoms in total. The molecule has 200 valence electrons. The lowest BCUT2D eigenvalue weighted by molar-refractivity contribution is -0.958. The molecule has 1 aliphatic heterocycles. The lowest BCUT2D eigenvalue weighted by atomic mass is 10.0. The molecule has 36 heavy (non-hydrogen) atoms. The van der Waals surface area contributed by atoms with E-state index < -0.39 is 22.9 Å². The number of nitrogens with zero attached hydrogens (tertiary/aromatic N) is 3. The summed E-state index contributed by atoms with van der Waals surface area (Å²) >= 11 is 0. The molecule has 1 aliphatic rings. The van der Waals surface area contributed by atoms with Crippen LogP contribution in [0.25, 0.3) is 0 Å². The third kappa shape index (κ3) is 6.80. The number of esters is 1. The maximum Gasteiger partial charge on any atom is 0.354 e. The van der Waals surface area contributed by atoms with Crippen molar-refractivity contribution in [3.63, 3.8) is 0 Å². The van der Waals surface area contributed by atoms with E-state index in [2.05, 4.69) is 0 Å². The van der Waals surface area contributed by atoms with E-state index in [0.717, 1.165) is 19.6 Å². The van der Waals surface area contributed by atoms with Crippen molar-refractivity contribution >= 4 is 17.6 Å². The van der Waals surface area contributed by atoms with Crippen LogP contribution in [0.5, 0.6) is 0 Å². The van der Waals surface area contributed by atoms with Crippen molar-refractivity contribution in [1.82, 2.24) is 4.90 Å². The molecule has 2 atom stereocenters. The Balaban J connectivity index is 2.29. The van der Waals surface area contributed by atoms with Gasteiger partial charge in [0.25, 0.3) is 5.69 Å². The molecule has 0 aliphatic carbocycles. The second kappa shape index (κ2) is 13.3. The second-order valence-electron chi connectivity index (χ2n) is 8.53. The predicted molar refractivity (Wildman–Crippen MR) is 129 cm³/mol. The molecule has 1 fully saturated rings. The first-order valence-electron chi connectivity index (χ1n) is 12.4. The smallest absolute Gasteiger partial charge is 0.354 e. The Kier molecular flexibility index (Phi) is 10.8. The van der Waals surface area contributed by atoms with E-state index in [4.69, 9.17) is 14.2 Å². The number of hydrogen-bond acceptors (Lipinski definition) is 8. The number of nitro groups is 1. The van der Waals surface area contributed by atoms with E-state index in [1.165, 1.54) is 29.2 Å². The van der Waals surface area contributed by atoms with Gasteiger partial charge in [-0.15, -0.1) is 0 Å². The third-order valence-electron chi connectivity index (χ3n) is 6.74. The number of benzene rings is 1. The van der Waals surface area contributed by atoms with E-state index in [-0.39, 0.29) is 49.5 Å². The van der Waals surface area contributed by atoms with Crippen molar-refractivity contribution in [3.05, 3.63) is 51.4 Å². The van der Waals surface area contributed by atoms with Gasteiger partial charge in [0, 0.05) is 18.7 Å². The average Bonchev–Trinajstić information content (AvgIpc) is 2.86. The molecule has 0 spiro atoms. The van der Waals surface area contributed by atoms with E-state index in [1.54, 1.807) is 6.92 Å². The Morgan fingerprint density at radius 2 is 1.75 bits per heavy atom.